The smallest absolute Gasteiger partial charge is 0.259 e. The maximum Gasteiger partial charge on any atom is 0.259 e. The maximum absolute atomic E-state index is 14.1. The van der Waals surface area contributed by atoms with E-state index in [0.29, 0.717) is 30.5 Å². The third-order valence-electron chi connectivity index (χ3n) is 5.62. The van der Waals surface area contributed by atoms with Crippen LogP contribution in [0.2, 0.25) is 0 Å². The zero-order chi connectivity index (χ0) is 18.4. The van der Waals surface area contributed by atoms with Gasteiger partial charge in [-0.1, -0.05) is 18.2 Å². The van der Waals surface area contributed by atoms with E-state index < -0.39 is 0 Å². The molecule has 1 saturated carbocycles. The Morgan fingerprint density at radius 3 is 2.81 bits per heavy atom. The molecule has 4 nitrogen and oxygen atoms in total. The lowest BCUT2D eigenvalue weighted by Crippen LogP contribution is -2.28. The summed E-state index contributed by atoms with van der Waals surface area (Å²) in [4.78, 5) is 25.0. The number of hydrogen-bond donors (Lipinski definition) is 1. The lowest BCUT2D eigenvalue weighted by molar-refractivity contribution is 0.236. The molecule has 2 aliphatic carbocycles. The average molecular weight is 383 g/mol. The predicted octanol–water partition coefficient (Wildman–Crippen LogP) is 4.17. The Balaban J connectivity index is 1.46. The third-order valence-corrected chi connectivity index (χ3v) is 6.81. The molecule has 0 saturated heterocycles. The number of thiophene rings is 1. The van der Waals surface area contributed by atoms with E-state index in [1.165, 1.54) is 22.9 Å². The Hall–Kier alpha value is -2.05. The first-order valence-corrected chi connectivity index (χ1v) is 10.5. The van der Waals surface area contributed by atoms with Crippen molar-refractivity contribution in [3.63, 3.8) is 0 Å². The zero-order valence-electron chi connectivity index (χ0n) is 15.1. The Labute approximate surface area is 161 Å². The van der Waals surface area contributed by atoms with Crippen LogP contribution in [0.25, 0.3) is 10.2 Å². The van der Waals surface area contributed by atoms with Gasteiger partial charge in [-0.15, -0.1) is 11.3 Å². The van der Waals surface area contributed by atoms with Gasteiger partial charge in [0.15, 0.2) is 0 Å². The van der Waals surface area contributed by atoms with E-state index in [4.69, 9.17) is 4.98 Å². The average Bonchev–Trinajstić information content (AvgIpc) is 3.43. The van der Waals surface area contributed by atoms with Gasteiger partial charge < -0.3 is 4.98 Å². The first-order valence-electron chi connectivity index (χ1n) is 9.70. The van der Waals surface area contributed by atoms with Crippen LogP contribution < -0.4 is 5.56 Å². The van der Waals surface area contributed by atoms with Crippen LogP contribution in [0, 0.1) is 5.82 Å². The first-order chi connectivity index (χ1) is 13.2. The van der Waals surface area contributed by atoms with Gasteiger partial charge in [0.05, 0.1) is 11.9 Å². The van der Waals surface area contributed by atoms with E-state index in [1.807, 2.05) is 12.1 Å². The third kappa shape index (κ3) is 3.32. The monoisotopic (exact) mass is 383 g/mol. The molecule has 0 aliphatic heterocycles. The Morgan fingerprint density at radius 1 is 1.19 bits per heavy atom. The van der Waals surface area contributed by atoms with Gasteiger partial charge in [-0.3, -0.25) is 9.69 Å². The highest BCUT2D eigenvalue weighted by Gasteiger charge is 2.30. The van der Waals surface area contributed by atoms with Gasteiger partial charge in [0, 0.05) is 23.0 Å². The number of H-pyrrole nitrogens is 1. The minimum absolute atomic E-state index is 0.0176. The summed E-state index contributed by atoms with van der Waals surface area (Å²) in [5.74, 6) is 0.514. The molecule has 2 heterocycles. The highest BCUT2D eigenvalue weighted by atomic mass is 32.1. The van der Waals surface area contributed by atoms with Crippen molar-refractivity contribution in [3.8, 4) is 0 Å². The van der Waals surface area contributed by atoms with Crippen LogP contribution in [0.4, 0.5) is 4.39 Å². The number of aryl methyl sites for hydroxylation is 2. The molecule has 3 aromatic rings. The fourth-order valence-corrected chi connectivity index (χ4v) is 5.36. The second-order valence-corrected chi connectivity index (χ2v) is 8.71. The minimum atomic E-state index is -0.175. The number of hydrogen-bond acceptors (Lipinski definition) is 4. The number of halogens is 1. The number of fused-ring (bicyclic) bond motifs is 3. The van der Waals surface area contributed by atoms with Crippen molar-refractivity contribution in [2.24, 2.45) is 0 Å². The molecule has 1 fully saturated rings. The SMILES string of the molecule is O=c1[nH]c(CN(Cc2ccccc2F)C2CC2)nc2sc3c(c12)CCCC3. The summed E-state index contributed by atoms with van der Waals surface area (Å²) in [6, 6.07) is 7.36. The van der Waals surface area contributed by atoms with Crippen molar-refractivity contribution in [2.75, 3.05) is 0 Å². The quantitative estimate of drug-likeness (QED) is 0.719. The summed E-state index contributed by atoms with van der Waals surface area (Å²) in [6.45, 7) is 1.09. The molecular weight excluding hydrogens is 361 g/mol. The van der Waals surface area contributed by atoms with E-state index in [1.54, 1.807) is 17.4 Å². The molecular formula is C21H22FN3OS. The number of nitrogens with zero attached hydrogens (tertiary/aromatic N) is 2. The molecule has 0 atom stereocenters. The topological polar surface area (TPSA) is 49.0 Å². The summed E-state index contributed by atoms with van der Waals surface area (Å²) in [6.07, 6.45) is 6.64. The maximum atomic E-state index is 14.1. The molecule has 140 valence electrons. The molecule has 5 rings (SSSR count). The molecule has 0 bridgehead atoms. The van der Waals surface area contributed by atoms with Gasteiger partial charge in [0.1, 0.15) is 16.5 Å². The van der Waals surface area contributed by atoms with Crippen LogP contribution in [-0.4, -0.2) is 20.9 Å². The minimum Gasteiger partial charge on any atom is -0.309 e. The van der Waals surface area contributed by atoms with Crippen LogP contribution in [0.1, 0.15) is 47.5 Å². The van der Waals surface area contributed by atoms with Crippen molar-refractivity contribution in [1.29, 1.82) is 0 Å². The molecule has 0 radical (unpaired) electrons. The van der Waals surface area contributed by atoms with Gasteiger partial charge in [-0.2, -0.15) is 0 Å². The Kier molecular flexibility index (Phi) is 4.32. The highest BCUT2D eigenvalue weighted by molar-refractivity contribution is 7.18. The summed E-state index contributed by atoms with van der Waals surface area (Å²) in [5, 5.41) is 0.797. The molecule has 0 spiro atoms. The fourth-order valence-electron chi connectivity index (χ4n) is 4.07. The Bertz CT molecular complexity index is 1050. The van der Waals surface area contributed by atoms with Gasteiger partial charge in [0.25, 0.3) is 5.56 Å². The molecule has 1 N–H and O–H groups in total. The van der Waals surface area contributed by atoms with Crippen molar-refractivity contribution >= 4 is 21.6 Å². The molecule has 0 amide bonds. The lowest BCUT2D eigenvalue weighted by Gasteiger charge is -2.21. The normalized spacial score (nSPS) is 16.8. The standard InChI is InChI=1S/C21H22FN3OS/c22-16-7-3-1-5-13(16)11-25(14-9-10-14)12-18-23-20(26)19-15-6-2-4-8-17(15)27-21(19)24-18/h1,3,5,7,14H,2,4,6,8-12H2,(H,23,24,26). The van der Waals surface area contributed by atoms with Gasteiger partial charge in [-0.05, 0) is 50.2 Å². The van der Waals surface area contributed by atoms with Crippen LogP contribution in [0.5, 0.6) is 0 Å². The molecule has 2 aliphatic rings. The largest absolute Gasteiger partial charge is 0.309 e. The molecule has 1 aromatic carbocycles. The van der Waals surface area contributed by atoms with Crippen LogP contribution >= 0.6 is 11.3 Å². The number of aromatic amines is 1. The number of rotatable bonds is 5. The molecule has 0 unspecified atom stereocenters. The van der Waals surface area contributed by atoms with Gasteiger partial charge >= 0.3 is 0 Å². The van der Waals surface area contributed by atoms with Crippen LogP contribution in [-0.2, 0) is 25.9 Å². The van der Waals surface area contributed by atoms with Crippen molar-refractivity contribution < 1.29 is 4.39 Å². The van der Waals surface area contributed by atoms with E-state index in [9.17, 15) is 9.18 Å². The van der Waals surface area contributed by atoms with E-state index in [0.717, 1.165) is 42.3 Å². The fraction of sp³-hybridized carbons (Fsp3) is 0.429. The molecule has 27 heavy (non-hydrogen) atoms. The number of benzene rings is 1. The summed E-state index contributed by atoms with van der Waals surface area (Å²) < 4.78 is 14.1. The second-order valence-electron chi connectivity index (χ2n) is 7.63. The predicted molar refractivity (Wildman–Crippen MR) is 106 cm³/mol. The number of aromatic nitrogens is 2. The van der Waals surface area contributed by atoms with Crippen LogP contribution in [0.3, 0.4) is 0 Å². The van der Waals surface area contributed by atoms with Gasteiger partial charge in [0.2, 0.25) is 0 Å². The first kappa shape index (κ1) is 17.1. The second kappa shape index (κ2) is 6.84. The van der Waals surface area contributed by atoms with Crippen molar-refractivity contribution in [1.82, 2.24) is 14.9 Å². The van der Waals surface area contributed by atoms with Gasteiger partial charge in [-0.25, -0.2) is 9.37 Å². The van der Waals surface area contributed by atoms with E-state index in [-0.39, 0.29) is 11.4 Å². The van der Waals surface area contributed by atoms with Crippen molar-refractivity contribution in [3.05, 3.63) is 62.3 Å². The van der Waals surface area contributed by atoms with E-state index >= 15 is 0 Å². The zero-order valence-corrected chi connectivity index (χ0v) is 15.9. The van der Waals surface area contributed by atoms with Crippen LogP contribution in [0.15, 0.2) is 29.1 Å². The van der Waals surface area contributed by atoms with E-state index in [2.05, 4.69) is 9.88 Å². The molecule has 2 aromatic heterocycles. The molecule has 6 heteroatoms. The summed E-state index contributed by atoms with van der Waals surface area (Å²) in [5.41, 5.74) is 1.89. The lowest BCUT2D eigenvalue weighted by atomic mass is 9.97. The highest BCUT2D eigenvalue weighted by Crippen LogP contribution is 2.34. The summed E-state index contributed by atoms with van der Waals surface area (Å²) >= 11 is 1.68. The van der Waals surface area contributed by atoms with Crippen molar-refractivity contribution in [2.45, 2.75) is 57.7 Å². The summed E-state index contributed by atoms with van der Waals surface area (Å²) in [7, 11) is 0. The number of nitrogens with one attached hydrogen (secondary N) is 1. The Morgan fingerprint density at radius 2 is 2.00 bits per heavy atom.